The van der Waals surface area contributed by atoms with Crippen LogP contribution in [0.5, 0.6) is 0 Å². The minimum Gasteiger partial charge on any atom is -0.382 e. The van der Waals surface area contributed by atoms with E-state index in [0.29, 0.717) is 18.2 Å². The van der Waals surface area contributed by atoms with Crippen LogP contribution in [-0.4, -0.2) is 38.3 Å². The first-order chi connectivity index (χ1) is 20.6. The molecule has 2 saturated carbocycles. The Morgan fingerprint density at radius 1 is 0.953 bits per heavy atom. The number of carbonyl (C=O) groups excluding carboxylic acids is 2. The Kier molecular flexibility index (Phi) is 7.96. The lowest BCUT2D eigenvalue weighted by molar-refractivity contribution is -0.138. The lowest BCUT2D eigenvalue weighted by Gasteiger charge is -2.47. The quantitative estimate of drug-likeness (QED) is 0.319. The van der Waals surface area contributed by atoms with Crippen molar-refractivity contribution in [1.29, 1.82) is 0 Å². The van der Waals surface area contributed by atoms with E-state index in [1.807, 2.05) is 29.2 Å². The molecule has 6 rings (SSSR count). The molecule has 3 aromatic rings. The number of hydrogen-bond donors (Lipinski definition) is 2. The van der Waals surface area contributed by atoms with E-state index in [4.69, 9.17) is 0 Å². The number of nitrogens with one attached hydrogen (secondary N) is 2. The fourth-order valence-corrected chi connectivity index (χ4v) is 7.41. The van der Waals surface area contributed by atoms with Crippen LogP contribution < -0.4 is 10.6 Å². The van der Waals surface area contributed by atoms with Gasteiger partial charge in [0, 0.05) is 36.7 Å². The van der Waals surface area contributed by atoms with Gasteiger partial charge in [-0.25, -0.2) is 4.98 Å². The van der Waals surface area contributed by atoms with E-state index in [1.165, 1.54) is 31.9 Å². The number of rotatable bonds is 6. The van der Waals surface area contributed by atoms with Crippen molar-refractivity contribution in [2.45, 2.75) is 82.6 Å². The van der Waals surface area contributed by atoms with Crippen LogP contribution in [-0.2, 0) is 18.0 Å². The van der Waals surface area contributed by atoms with E-state index in [1.54, 1.807) is 24.1 Å². The van der Waals surface area contributed by atoms with Crippen molar-refractivity contribution < 1.29 is 22.8 Å². The van der Waals surface area contributed by atoms with E-state index in [-0.39, 0.29) is 35.0 Å². The minimum absolute atomic E-state index is 0.0453. The maximum absolute atomic E-state index is 14.1. The molecule has 10 heteroatoms. The number of halogens is 3. The highest BCUT2D eigenvalue weighted by Gasteiger charge is 2.50. The number of nitrogens with zero attached hydrogens (tertiary/aromatic N) is 3. The molecule has 2 aliphatic carbocycles. The normalized spacial score (nSPS) is 24.2. The first-order valence-electron chi connectivity index (χ1n) is 15.2. The number of aromatic nitrogens is 2. The first kappa shape index (κ1) is 29.3. The van der Waals surface area contributed by atoms with Gasteiger partial charge in [0.25, 0.3) is 5.91 Å². The van der Waals surface area contributed by atoms with Crippen LogP contribution in [0.3, 0.4) is 0 Å². The molecule has 7 nitrogen and oxygen atoms in total. The molecule has 1 aliphatic heterocycles. The van der Waals surface area contributed by atoms with Crippen molar-refractivity contribution in [3.63, 3.8) is 0 Å². The van der Waals surface area contributed by atoms with Gasteiger partial charge < -0.3 is 20.1 Å². The van der Waals surface area contributed by atoms with E-state index in [0.717, 1.165) is 49.4 Å². The molecule has 2 heterocycles. The molecule has 3 fully saturated rings. The zero-order chi connectivity index (χ0) is 30.3. The Morgan fingerprint density at radius 3 is 2.35 bits per heavy atom. The molecule has 2 N–H and O–H groups in total. The lowest BCUT2D eigenvalue weighted by Crippen LogP contribution is -2.54. The maximum atomic E-state index is 14.1. The molecule has 228 valence electrons. The maximum Gasteiger partial charge on any atom is 0.416 e. The van der Waals surface area contributed by atoms with E-state index < -0.39 is 23.7 Å². The highest BCUT2D eigenvalue weighted by Crippen LogP contribution is 2.49. The summed E-state index contributed by atoms with van der Waals surface area (Å²) in [6, 6.07) is 11.6. The largest absolute Gasteiger partial charge is 0.416 e. The fraction of sp³-hybridized carbons (Fsp3) is 0.485. The van der Waals surface area contributed by atoms with Crippen molar-refractivity contribution in [3.05, 3.63) is 77.4 Å². The van der Waals surface area contributed by atoms with Crippen molar-refractivity contribution in [3.8, 4) is 0 Å². The zero-order valence-electron chi connectivity index (χ0n) is 24.5. The second-order valence-electron chi connectivity index (χ2n) is 12.4. The molecule has 0 radical (unpaired) electrons. The van der Waals surface area contributed by atoms with Crippen LogP contribution in [0, 0.1) is 18.8 Å². The molecule has 4 unspecified atom stereocenters. The summed E-state index contributed by atoms with van der Waals surface area (Å²) in [5, 5.41) is 6.38. The number of aryl methyl sites for hydroxylation is 2. The molecule has 1 aromatic heterocycles. The Hall–Kier alpha value is -3.82. The third-order valence-electron chi connectivity index (χ3n) is 9.50. The summed E-state index contributed by atoms with van der Waals surface area (Å²) in [7, 11) is 1.80. The summed E-state index contributed by atoms with van der Waals surface area (Å²) in [4.78, 5) is 34.4. The number of amides is 2. The Labute approximate surface area is 249 Å². The highest BCUT2D eigenvalue weighted by molar-refractivity contribution is 5.96. The van der Waals surface area contributed by atoms with Gasteiger partial charge >= 0.3 is 6.18 Å². The van der Waals surface area contributed by atoms with Gasteiger partial charge in [-0.3, -0.25) is 9.59 Å². The predicted molar refractivity (Wildman–Crippen MR) is 158 cm³/mol. The van der Waals surface area contributed by atoms with Crippen molar-refractivity contribution in [2.75, 3.05) is 10.6 Å². The molecule has 0 spiro atoms. The summed E-state index contributed by atoms with van der Waals surface area (Å²) in [6.07, 6.45) is 6.66. The molecule has 1 saturated heterocycles. The van der Waals surface area contributed by atoms with Crippen LogP contribution in [0.1, 0.15) is 84.6 Å². The van der Waals surface area contributed by atoms with Crippen LogP contribution in [0.25, 0.3) is 0 Å². The van der Waals surface area contributed by atoms with E-state index in [9.17, 15) is 22.8 Å². The second-order valence-corrected chi connectivity index (χ2v) is 12.4. The monoisotopic (exact) mass is 593 g/mol. The number of hydrogen-bond acceptors (Lipinski definition) is 4. The summed E-state index contributed by atoms with van der Waals surface area (Å²) < 4.78 is 42.7. The molecule has 2 amide bonds. The molecular weight excluding hydrogens is 555 g/mol. The smallest absolute Gasteiger partial charge is 0.382 e. The van der Waals surface area contributed by atoms with Gasteiger partial charge in [-0.1, -0.05) is 37.5 Å². The number of likely N-dealkylation sites (tertiary alicyclic amines) is 1. The van der Waals surface area contributed by atoms with E-state index in [2.05, 4.69) is 15.6 Å². The van der Waals surface area contributed by atoms with Crippen LogP contribution in [0.2, 0.25) is 0 Å². The topological polar surface area (TPSA) is 79.3 Å². The predicted octanol–water partition coefficient (Wildman–Crippen LogP) is 7.11. The number of imidazole rings is 1. The van der Waals surface area contributed by atoms with Gasteiger partial charge in [-0.05, 0) is 80.3 Å². The van der Waals surface area contributed by atoms with Gasteiger partial charge in [0.1, 0.15) is 5.69 Å². The number of benzene rings is 2. The SMILES string of the molecule is Cc1ccc(NC(=O)C2CC3CCCC3N(C(=O)c3cn(C)cn3)C2c2ccc(NC3CCCC3)cc2)cc1C(F)(F)F. The average Bonchev–Trinajstić information content (AvgIpc) is 3.75. The van der Waals surface area contributed by atoms with Gasteiger partial charge in [0.05, 0.1) is 23.9 Å². The lowest BCUT2D eigenvalue weighted by atomic mass is 9.76. The number of fused-ring (bicyclic) bond motifs is 1. The molecular formula is C33H38F3N5O2. The summed E-state index contributed by atoms with van der Waals surface area (Å²) >= 11 is 0. The van der Waals surface area contributed by atoms with Crippen LogP contribution in [0.4, 0.5) is 24.5 Å². The first-order valence-corrected chi connectivity index (χ1v) is 15.2. The van der Waals surface area contributed by atoms with Gasteiger partial charge in [0.2, 0.25) is 5.91 Å². The van der Waals surface area contributed by atoms with Crippen molar-refractivity contribution >= 4 is 23.2 Å². The van der Waals surface area contributed by atoms with Crippen LogP contribution >= 0.6 is 0 Å². The van der Waals surface area contributed by atoms with Crippen LogP contribution in [0.15, 0.2) is 55.0 Å². The van der Waals surface area contributed by atoms with Gasteiger partial charge in [-0.15, -0.1) is 0 Å². The molecule has 43 heavy (non-hydrogen) atoms. The second kappa shape index (κ2) is 11.7. The zero-order valence-corrected chi connectivity index (χ0v) is 24.5. The summed E-state index contributed by atoms with van der Waals surface area (Å²) in [6.45, 7) is 1.40. The molecule has 3 aliphatic rings. The fourth-order valence-electron chi connectivity index (χ4n) is 7.41. The number of anilines is 2. The highest BCUT2D eigenvalue weighted by atomic mass is 19.4. The van der Waals surface area contributed by atoms with Gasteiger partial charge in [-0.2, -0.15) is 13.2 Å². The van der Waals surface area contributed by atoms with Gasteiger partial charge in [0.15, 0.2) is 0 Å². The molecule has 2 aromatic carbocycles. The summed E-state index contributed by atoms with van der Waals surface area (Å²) in [5.74, 6) is -1.16. The van der Waals surface area contributed by atoms with Crippen molar-refractivity contribution in [1.82, 2.24) is 14.5 Å². The molecule has 0 bridgehead atoms. The minimum atomic E-state index is -4.53. The Balaban J connectivity index is 1.36. The Morgan fingerprint density at radius 2 is 1.67 bits per heavy atom. The molecule has 4 atom stereocenters. The average molecular weight is 594 g/mol. The third kappa shape index (κ3) is 6.01. The summed E-state index contributed by atoms with van der Waals surface area (Å²) in [5.41, 5.74) is 1.53. The number of piperidine rings is 1. The third-order valence-corrected chi connectivity index (χ3v) is 9.50. The number of alkyl halides is 3. The number of carbonyl (C=O) groups is 2. The Bertz CT molecular complexity index is 1480. The van der Waals surface area contributed by atoms with E-state index >= 15 is 0 Å². The standard InChI is InChI=1S/C33H38F3N5O2/c1-20-10-13-25(17-27(20)33(34,35)36)39-31(42)26-16-22-6-5-9-29(22)41(32(43)28-18-40(2)19-37-28)30(26)21-11-14-24(15-12-21)38-23-7-3-4-8-23/h10-15,17-19,22-23,26,29-30,38H,3-9,16H2,1-2H3,(H,39,42). The van der Waals surface area contributed by atoms with Crippen molar-refractivity contribution in [2.24, 2.45) is 18.9 Å².